The first-order valence-electron chi connectivity index (χ1n) is 51.7. The lowest BCUT2D eigenvalue weighted by molar-refractivity contribution is 0.261. The van der Waals surface area contributed by atoms with Gasteiger partial charge in [-0.2, -0.15) is 0 Å². The predicted molar refractivity (Wildman–Crippen MR) is 591 cm³/mol. The molecule has 13 rings (SSSR count). The van der Waals surface area contributed by atoms with Crippen LogP contribution in [0, 0.1) is 13.8 Å². The average molecular weight is 1910 g/mol. The monoisotopic (exact) mass is 1910 g/mol. The first-order valence-corrected chi connectivity index (χ1v) is 51.7. The molecule has 142 heavy (non-hydrogen) atoms. The number of ether oxygens (including phenoxy) is 6. The Morgan fingerprint density at radius 2 is 0.401 bits per heavy atom. The van der Waals surface area contributed by atoms with E-state index in [1.807, 2.05) is 135 Å². The molecular weight excluding hydrogens is 1760 g/mol. The quantitative estimate of drug-likeness (QED) is 0.0171. The third-order valence-corrected chi connectivity index (χ3v) is 26.0. The van der Waals surface area contributed by atoms with Crippen molar-refractivity contribution in [3.8, 4) is 79.0 Å². The maximum absolute atomic E-state index is 16.0. The number of carbonyl (C=O) groups excluding carboxylic acids is 4. The summed E-state index contributed by atoms with van der Waals surface area (Å²) in [4.78, 5) is 61.7. The van der Waals surface area contributed by atoms with Gasteiger partial charge in [-0.15, -0.1) is 0 Å². The number of rotatable bonds is 38. The molecular formula is C124H152N8O10. The molecule has 0 spiro atoms. The van der Waals surface area contributed by atoms with Gasteiger partial charge in [-0.3, -0.25) is 0 Å². The molecule has 18 heteroatoms. The smallest absolute Gasteiger partial charge is 0.323 e. The largest absolute Gasteiger partial charge is 0.493 e. The Hall–Kier alpha value is -13.5. The number of anilines is 8. The Bertz CT molecular complexity index is 5760. The van der Waals surface area contributed by atoms with Crippen molar-refractivity contribution in [1.82, 2.24) is 0 Å². The minimum atomic E-state index is -0.511. The topological polar surface area (TPSA) is 220 Å². The summed E-state index contributed by atoms with van der Waals surface area (Å²) in [5.74, 6) is 3.76. The molecule has 0 saturated carbocycles. The van der Waals surface area contributed by atoms with Crippen LogP contribution in [0.15, 0.2) is 218 Å². The van der Waals surface area contributed by atoms with Crippen molar-refractivity contribution in [2.45, 2.75) is 276 Å². The van der Waals surface area contributed by atoms with E-state index in [0.29, 0.717) is 153 Å². The van der Waals surface area contributed by atoms with E-state index >= 15 is 9.59 Å². The van der Waals surface area contributed by atoms with Crippen LogP contribution in [0.2, 0.25) is 0 Å². The molecule has 1 aliphatic carbocycles. The zero-order valence-electron chi connectivity index (χ0n) is 87.8. The van der Waals surface area contributed by atoms with Gasteiger partial charge in [-0.25, -0.2) is 19.2 Å². The highest BCUT2D eigenvalue weighted by Gasteiger charge is 2.31. The fourth-order valence-corrected chi connectivity index (χ4v) is 18.0. The molecule has 12 aromatic carbocycles. The van der Waals surface area contributed by atoms with Crippen molar-refractivity contribution < 1.29 is 47.6 Å². The summed E-state index contributed by atoms with van der Waals surface area (Å²) in [6, 6.07) is 72.0. The van der Waals surface area contributed by atoms with Crippen molar-refractivity contribution in [2.24, 2.45) is 0 Å². The highest BCUT2D eigenvalue weighted by Crippen LogP contribution is 2.49. The molecule has 8 amide bonds. The van der Waals surface area contributed by atoms with Gasteiger partial charge in [0.05, 0.1) is 39.6 Å². The van der Waals surface area contributed by atoms with Gasteiger partial charge in [0.2, 0.25) is 0 Å². The van der Waals surface area contributed by atoms with E-state index in [2.05, 4.69) is 264 Å². The lowest BCUT2D eigenvalue weighted by atomic mass is 9.85. The standard InChI is InChI=1S/C124H152N8O10/c1-21-27-31-61-139-111-87-65-88-70-102(128-118(134)126-100-57-37-82(8)38-58-100)72-90(112(88)140-62-32-28-22-2)67-92-74-104(130-120(136)132-106-79-109(85-43-51-97(52-44-85)123(15,16)17)116(138-60-26-6)110(80-106)86-45-53-98(54-46-86)124(18,19)20)76-94(114(92)142-64-34-30-24-4)68-93-75-103(73-91(113(93)141-63-33-29-23-3)66-89(111)71-101(69-87)127-117(133)125-99-55-35-81(7)36-56-99)129-119(135)131-105-77-107(83-39-47-95(48-40-83)121(9,10)11)115(137-59-25-5)108(78-105)84-41-49-96(50-42-84)122(12,13)14/h35-58,69-80H,21-34,59-68H2,1-20H3,(H2,125,127,133)(H2,126,128,134)(H2,129,131,135)(H2,130,132,136). The second-order valence-electron chi connectivity index (χ2n) is 42.3. The second kappa shape index (κ2) is 48.8. The molecule has 0 aliphatic heterocycles. The molecule has 748 valence electrons. The number of urea groups is 4. The Kier molecular flexibility index (Phi) is 36.4. The van der Waals surface area contributed by atoms with Gasteiger partial charge in [0, 0.05) is 138 Å². The van der Waals surface area contributed by atoms with Crippen LogP contribution >= 0.6 is 0 Å². The van der Waals surface area contributed by atoms with Crippen LogP contribution in [0.25, 0.3) is 44.5 Å². The minimum absolute atomic E-state index is 0.110. The molecule has 8 bridgehead atoms. The molecule has 8 N–H and O–H groups in total. The highest BCUT2D eigenvalue weighted by molar-refractivity contribution is 6.04. The molecule has 0 atom stereocenters. The number of carbonyl (C=O) groups is 4. The van der Waals surface area contributed by atoms with Crippen LogP contribution < -0.4 is 71.0 Å². The van der Waals surface area contributed by atoms with Gasteiger partial charge in [-0.05, 0) is 216 Å². The SMILES string of the molecule is CCCCCOc1c2cc(NC(=O)Nc3ccc(C)cc3)cc1Cc1cc(NC(=O)Nc3cc(-c4ccc(C(C)(C)C)cc4)c(OCCC)c(-c4ccc(C(C)(C)C)cc4)c3)cc(c1OCCCCC)Cc1cc(NC(=O)Nc3cc(-c4ccc(C(C)(C)C)cc4)c(OCCC)c(-c4ccc(C(C)(C)C)cc4)c3)cc(c1OCCCCC)Cc1cc(NC(=O)Nc3ccc(C)cc3)cc(c1OCCCCC)C2. The van der Waals surface area contributed by atoms with Gasteiger partial charge in [-0.1, -0.05) is 308 Å². The van der Waals surface area contributed by atoms with Gasteiger partial charge in [0.25, 0.3) is 0 Å². The van der Waals surface area contributed by atoms with Gasteiger partial charge in [0.1, 0.15) is 34.5 Å². The summed E-state index contributed by atoms with van der Waals surface area (Å²) in [5.41, 5.74) is 23.2. The zero-order valence-corrected chi connectivity index (χ0v) is 87.8. The normalized spacial score (nSPS) is 12.1. The lowest BCUT2D eigenvalue weighted by Crippen LogP contribution is -2.21. The first kappa shape index (κ1) is 106. The van der Waals surface area contributed by atoms with Crippen molar-refractivity contribution in [1.29, 1.82) is 0 Å². The van der Waals surface area contributed by atoms with Crippen LogP contribution in [0.5, 0.6) is 34.5 Å². The maximum atomic E-state index is 16.0. The molecule has 0 saturated heterocycles. The van der Waals surface area contributed by atoms with E-state index < -0.39 is 24.1 Å². The summed E-state index contributed by atoms with van der Waals surface area (Å²) < 4.78 is 43.4. The summed E-state index contributed by atoms with van der Waals surface area (Å²) in [6.45, 7) is 45.8. The number of nitrogens with one attached hydrogen (secondary N) is 8. The molecule has 1 aliphatic rings. The molecule has 0 unspecified atom stereocenters. The molecule has 0 aromatic heterocycles. The summed E-state index contributed by atoms with van der Waals surface area (Å²) >= 11 is 0. The number of hydrogen-bond donors (Lipinski definition) is 8. The molecule has 0 radical (unpaired) electrons. The van der Waals surface area contributed by atoms with Crippen LogP contribution in [0.4, 0.5) is 64.7 Å². The average Bonchev–Trinajstić information content (AvgIpc) is 0.791. The number of amides is 8. The molecule has 12 aromatic rings. The van der Waals surface area contributed by atoms with Gasteiger partial charge >= 0.3 is 24.1 Å². The molecule has 0 heterocycles. The third kappa shape index (κ3) is 28.9. The zero-order chi connectivity index (χ0) is 101. The minimum Gasteiger partial charge on any atom is -0.493 e. The van der Waals surface area contributed by atoms with E-state index in [1.54, 1.807) is 0 Å². The van der Waals surface area contributed by atoms with Crippen LogP contribution in [0.3, 0.4) is 0 Å². The Morgan fingerprint density at radius 3 is 0.585 bits per heavy atom. The summed E-state index contributed by atoms with van der Waals surface area (Å²) in [5, 5.41) is 26.3. The number of hydrogen-bond acceptors (Lipinski definition) is 10. The number of aryl methyl sites for hydroxylation is 2. The van der Waals surface area contributed by atoms with E-state index in [0.717, 1.165) is 157 Å². The number of fused-ring (bicyclic) bond motifs is 8. The van der Waals surface area contributed by atoms with E-state index in [9.17, 15) is 9.59 Å². The first-order chi connectivity index (χ1) is 68.0. The van der Waals surface area contributed by atoms with E-state index in [-0.39, 0.29) is 47.3 Å². The molecule has 0 fully saturated rings. The van der Waals surface area contributed by atoms with Gasteiger partial charge < -0.3 is 71.0 Å². The third-order valence-electron chi connectivity index (χ3n) is 26.0. The predicted octanol–water partition coefficient (Wildman–Crippen LogP) is 33.3. The Morgan fingerprint density at radius 1 is 0.218 bits per heavy atom. The second-order valence-corrected chi connectivity index (χ2v) is 42.3. The van der Waals surface area contributed by atoms with Crippen molar-refractivity contribution in [2.75, 3.05) is 82.2 Å². The van der Waals surface area contributed by atoms with Crippen LogP contribution in [-0.2, 0) is 47.3 Å². The fourth-order valence-electron chi connectivity index (χ4n) is 18.0. The summed E-state index contributed by atoms with van der Waals surface area (Å²) in [7, 11) is 0. The lowest BCUT2D eigenvalue weighted by Gasteiger charge is -2.25. The van der Waals surface area contributed by atoms with Crippen molar-refractivity contribution in [3.63, 3.8) is 0 Å². The van der Waals surface area contributed by atoms with Crippen LogP contribution in [0.1, 0.15) is 292 Å². The van der Waals surface area contributed by atoms with Crippen LogP contribution in [-0.4, -0.2) is 63.8 Å². The maximum Gasteiger partial charge on any atom is 0.323 e. The highest BCUT2D eigenvalue weighted by atomic mass is 16.5. The molecule has 18 nitrogen and oxygen atoms in total. The van der Waals surface area contributed by atoms with Crippen molar-refractivity contribution >= 4 is 69.6 Å². The Balaban J connectivity index is 1.06. The fraction of sp³-hybridized carbons (Fsp3) is 0.387. The van der Waals surface area contributed by atoms with E-state index in [4.69, 9.17) is 28.4 Å². The van der Waals surface area contributed by atoms with E-state index in [1.165, 1.54) is 22.3 Å². The number of unbranched alkanes of at least 4 members (excludes halogenated alkanes) is 8. The summed E-state index contributed by atoms with van der Waals surface area (Å²) in [6.07, 6.45) is 12.4. The Labute approximate surface area is 845 Å². The van der Waals surface area contributed by atoms with Gasteiger partial charge in [0.15, 0.2) is 0 Å². The van der Waals surface area contributed by atoms with Crippen molar-refractivity contribution in [3.05, 3.63) is 296 Å². The number of benzene rings is 12.